The van der Waals surface area contributed by atoms with E-state index < -0.39 is 18.4 Å². The van der Waals surface area contributed by atoms with E-state index in [-0.39, 0.29) is 51.4 Å². The third kappa shape index (κ3) is 3.90. The Morgan fingerprint density at radius 2 is 1.92 bits per heavy atom. The summed E-state index contributed by atoms with van der Waals surface area (Å²) in [6.45, 7) is -5.45. The molecule has 13 heavy (non-hydrogen) atoms. The molecule has 0 amide bonds. The van der Waals surface area contributed by atoms with Crippen molar-refractivity contribution in [3.05, 3.63) is 30.1 Å². The Morgan fingerprint density at radius 3 is 2.31 bits per heavy atom. The topological polar surface area (TPSA) is 30.0 Å². The molecular formula is C6H4BF3KNO. The summed E-state index contributed by atoms with van der Waals surface area (Å²) >= 11 is 0. The third-order valence-corrected chi connectivity index (χ3v) is 1.21. The van der Waals surface area contributed by atoms with E-state index in [4.69, 9.17) is 0 Å². The predicted molar refractivity (Wildman–Crippen MR) is 37.6 cm³/mol. The molecular weight excluding hydrogens is 209 g/mol. The van der Waals surface area contributed by atoms with Crippen LogP contribution in [-0.2, 0) is 0 Å². The molecule has 0 saturated carbocycles. The summed E-state index contributed by atoms with van der Waals surface area (Å²) in [5.74, 6) is 0. The van der Waals surface area contributed by atoms with Gasteiger partial charge in [0.15, 0.2) is 0 Å². The van der Waals surface area contributed by atoms with Crippen LogP contribution >= 0.6 is 0 Å². The first-order valence-corrected chi connectivity index (χ1v) is 3.17. The zero-order chi connectivity index (χ0) is 9.19. The molecule has 0 fully saturated rings. The maximum atomic E-state index is 11.8. The molecule has 0 aromatic carbocycles. The number of carbonyl (C=O) groups is 1. The molecule has 1 rings (SSSR count). The second-order valence-corrected chi connectivity index (χ2v) is 2.15. The predicted octanol–water partition coefficient (Wildman–Crippen LogP) is -1.35. The van der Waals surface area contributed by atoms with Crippen molar-refractivity contribution in [3.63, 3.8) is 0 Å². The van der Waals surface area contributed by atoms with E-state index >= 15 is 0 Å². The Balaban J connectivity index is 0.00000144. The van der Waals surface area contributed by atoms with Gasteiger partial charge in [-0.25, -0.2) is 0 Å². The average Bonchev–Trinajstić information content (AvgIpc) is 2.03. The summed E-state index contributed by atoms with van der Waals surface area (Å²) in [7, 11) is 0. The molecule has 0 aliphatic carbocycles. The molecule has 1 heterocycles. The fourth-order valence-electron chi connectivity index (χ4n) is 0.676. The fraction of sp³-hybridized carbons (Fsp3) is 0. The Hall–Kier alpha value is 0.311. The van der Waals surface area contributed by atoms with E-state index in [0.29, 0.717) is 0 Å². The molecule has 0 N–H and O–H groups in total. The number of hydrogen-bond acceptors (Lipinski definition) is 2. The van der Waals surface area contributed by atoms with Crippen molar-refractivity contribution in [1.82, 2.24) is 4.98 Å². The van der Waals surface area contributed by atoms with Gasteiger partial charge in [0.05, 0.1) is 5.69 Å². The van der Waals surface area contributed by atoms with Crippen molar-refractivity contribution in [1.29, 1.82) is 0 Å². The van der Waals surface area contributed by atoms with Gasteiger partial charge in [-0.1, -0.05) is 6.07 Å². The molecule has 0 atom stereocenters. The minimum absolute atomic E-state index is 0. The van der Waals surface area contributed by atoms with Crippen molar-refractivity contribution >= 4 is 12.7 Å². The van der Waals surface area contributed by atoms with Crippen molar-refractivity contribution in [2.45, 2.75) is 0 Å². The van der Waals surface area contributed by atoms with Crippen LogP contribution in [0.5, 0.6) is 0 Å². The first-order chi connectivity index (χ1) is 5.52. The zero-order valence-electron chi connectivity index (χ0n) is 6.88. The van der Waals surface area contributed by atoms with Crippen molar-refractivity contribution in [2.75, 3.05) is 0 Å². The van der Waals surface area contributed by atoms with E-state index in [1.807, 2.05) is 0 Å². The van der Waals surface area contributed by atoms with E-state index in [0.717, 1.165) is 12.3 Å². The van der Waals surface area contributed by atoms with E-state index in [9.17, 15) is 17.7 Å². The van der Waals surface area contributed by atoms with E-state index in [1.165, 1.54) is 12.1 Å². The average molecular weight is 213 g/mol. The number of carbonyl (C=O) groups excluding carboxylic acids is 1. The third-order valence-electron chi connectivity index (χ3n) is 1.21. The van der Waals surface area contributed by atoms with Gasteiger partial charge in [0.25, 0.3) is 0 Å². The van der Waals surface area contributed by atoms with Crippen molar-refractivity contribution < 1.29 is 69.1 Å². The largest absolute Gasteiger partial charge is 1.00 e. The molecule has 0 saturated heterocycles. The van der Waals surface area contributed by atoms with E-state index in [2.05, 4.69) is 4.98 Å². The fourth-order valence-corrected chi connectivity index (χ4v) is 0.676. The number of pyridine rings is 1. The summed E-state index contributed by atoms with van der Waals surface area (Å²) in [5.41, 5.74) is -2.40. The summed E-state index contributed by atoms with van der Waals surface area (Å²) in [6, 6.07) is 3.82. The van der Waals surface area contributed by atoms with Gasteiger partial charge < -0.3 is 17.7 Å². The second kappa shape index (κ2) is 5.26. The minimum atomic E-state index is -5.45. The molecule has 0 spiro atoms. The maximum absolute atomic E-state index is 11.8. The van der Waals surface area contributed by atoms with Gasteiger partial charge in [0.1, 0.15) is 5.68 Å². The van der Waals surface area contributed by atoms with Gasteiger partial charge in [-0.2, -0.15) is 0 Å². The minimum Gasteiger partial charge on any atom is -0.443 e. The molecule has 0 bridgehead atoms. The van der Waals surface area contributed by atoms with Crippen LogP contribution in [0.1, 0.15) is 10.5 Å². The smallest absolute Gasteiger partial charge is 0.443 e. The van der Waals surface area contributed by atoms with Gasteiger partial charge in [0, 0.05) is 6.20 Å². The molecule has 0 aliphatic rings. The van der Waals surface area contributed by atoms with Gasteiger partial charge >= 0.3 is 58.4 Å². The quantitative estimate of drug-likeness (QED) is 0.569. The molecule has 0 unspecified atom stereocenters. The molecule has 2 nitrogen and oxygen atoms in total. The van der Waals surface area contributed by atoms with Crippen LogP contribution in [0.4, 0.5) is 12.9 Å². The van der Waals surface area contributed by atoms with Crippen molar-refractivity contribution in [3.8, 4) is 0 Å². The number of halogens is 3. The van der Waals surface area contributed by atoms with Crippen LogP contribution in [0.25, 0.3) is 0 Å². The molecule has 0 radical (unpaired) electrons. The van der Waals surface area contributed by atoms with Crippen LogP contribution in [-0.4, -0.2) is 17.6 Å². The number of nitrogens with zero attached hydrogens (tertiary/aromatic N) is 1. The van der Waals surface area contributed by atoms with Gasteiger partial charge in [0.2, 0.25) is 0 Å². The Bertz CT molecular complexity index is 290. The SMILES string of the molecule is O=C(c1ccccn1)[B-](F)(F)F.[K+]. The van der Waals surface area contributed by atoms with Crippen LogP contribution in [0.3, 0.4) is 0 Å². The van der Waals surface area contributed by atoms with Gasteiger partial charge in [-0.15, -0.1) is 0 Å². The zero-order valence-corrected chi connectivity index (χ0v) is 10.00. The normalized spacial score (nSPS) is 10.4. The number of aromatic nitrogens is 1. The molecule has 1 aromatic rings. The molecule has 7 heteroatoms. The Kier molecular flexibility index (Phi) is 5.38. The van der Waals surface area contributed by atoms with Crippen LogP contribution in [0.2, 0.25) is 0 Å². The summed E-state index contributed by atoms with van der Waals surface area (Å²) in [5, 5.41) is 0. The first-order valence-electron chi connectivity index (χ1n) is 3.17. The van der Waals surface area contributed by atoms with Crippen LogP contribution in [0, 0.1) is 0 Å². The van der Waals surface area contributed by atoms with Crippen LogP contribution < -0.4 is 51.4 Å². The first kappa shape index (κ1) is 13.3. The molecule has 1 aromatic heterocycles. The monoisotopic (exact) mass is 213 g/mol. The molecule has 64 valence electrons. The number of hydrogen-bond donors (Lipinski definition) is 0. The Morgan fingerprint density at radius 1 is 1.31 bits per heavy atom. The van der Waals surface area contributed by atoms with Crippen molar-refractivity contribution in [2.24, 2.45) is 0 Å². The summed E-state index contributed by atoms with van der Waals surface area (Å²) in [6.07, 6.45) is 1.15. The molecule has 0 aliphatic heterocycles. The van der Waals surface area contributed by atoms with Gasteiger partial charge in [-0.3, -0.25) is 4.98 Å². The Labute approximate surface area is 115 Å². The van der Waals surface area contributed by atoms with Crippen LogP contribution in [0.15, 0.2) is 24.4 Å². The standard InChI is InChI=1S/C6H4BF3NO.K/c8-7(9,10)6(12)5-3-1-2-4-11-5;/h1-4H;/q-1;+1. The summed E-state index contributed by atoms with van der Waals surface area (Å²) < 4.78 is 35.4. The number of rotatable bonds is 2. The van der Waals surface area contributed by atoms with Gasteiger partial charge in [-0.05, 0) is 12.1 Å². The summed E-state index contributed by atoms with van der Waals surface area (Å²) in [4.78, 5) is 13.8. The van der Waals surface area contributed by atoms with E-state index in [1.54, 1.807) is 0 Å². The second-order valence-electron chi connectivity index (χ2n) is 2.15. The maximum Gasteiger partial charge on any atom is 1.00 e.